The van der Waals surface area contributed by atoms with E-state index in [2.05, 4.69) is 49.3 Å². The van der Waals surface area contributed by atoms with Crippen LogP contribution in [-0.4, -0.2) is 4.57 Å². The van der Waals surface area contributed by atoms with Crippen LogP contribution in [0.5, 0.6) is 0 Å². The molecule has 2 heteroatoms. The highest BCUT2D eigenvalue weighted by Gasteiger charge is 2.19. The van der Waals surface area contributed by atoms with Gasteiger partial charge in [-0.1, -0.05) is 27.2 Å². The molecular formula is C12H23N2+. The third-order valence-electron chi connectivity index (χ3n) is 2.93. The van der Waals surface area contributed by atoms with Gasteiger partial charge in [-0.15, -0.1) is 0 Å². The summed E-state index contributed by atoms with van der Waals surface area (Å²) in [5.41, 5.74) is 0. The van der Waals surface area contributed by atoms with Crippen LogP contribution in [0.15, 0.2) is 12.4 Å². The van der Waals surface area contributed by atoms with Gasteiger partial charge in [-0.05, 0) is 12.8 Å². The van der Waals surface area contributed by atoms with Gasteiger partial charge in [-0.3, -0.25) is 0 Å². The van der Waals surface area contributed by atoms with Crippen molar-refractivity contribution in [2.45, 2.75) is 52.5 Å². The van der Waals surface area contributed by atoms with Crippen molar-refractivity contribution in [1.82, 2.24) is 4.57 Å². The van der Waals surface area contributed by atoms with Gasteiger partial charge >= 0.3 is 0 Å². The molecule has 1 rings (SSSR count). The maximum atomic E-state index is 2.40. The number of aromatic nitrogens is 2. The Labute approximate surface area is 87.6 Å². The molecule has 0 spiro atoms. The van der Waals surface area contributed by atoms with E-state index >= 15 is 0 Å². The Balaban J connectivity index is 2.82. The molecule has 14 heavy (non-hydrogen) atoms. The van der Waals surface area contributed by atoms with Crippen LogP contribution >= 0.6 is 0 Å². The van der Waals surface area contributed by atoms with Crippen molar-refractivity contribution < 1.29 is 4.57 Å². The molecule has 80 valence electrons. The van der Waals surface area contributed by atoms with E-state index in [0.717, 1.165) is 6.54 Å². The van der Waals surface area contributed by atoms with E-state index in [1.165, 1.54) is 25.1 Å². The first-order valence-corrected chi connectivity index (χ1v) is 5.75. The predicted molar refractivity (Wildman–Crippen MR) is 59.2 cm³/mol. The zero-order chi connectivity index (χ0) is 10.6. The molecule has 0 aliphatic heterocycles. The molecule has 0 radical (unpaired) electrons. The molecule has 1 unspecified atom stereocenters. The van der Waals surface area contributed by atoms with Crippen LogP contribution in [0.3, 0.4) is 0 Å². The molecular weight excluding hydrogens is 172 g/mol. The lowest BCUT2D eigenvalue weighted by Crippen LogP contribution is -2.33. The van der Waals surface area contributed by atoms with E-state index in [0.29, 0.717) is 5.92 Å². The van der Waals surface area contributed by atoms with Gasteiger partial charge in [0.25, 0.3) is 5.82 Å². The van der Waals surface area contributed by atoms with Crippen molar-refractivity contribution in [3.05, 3.63) is 18.2 Å². The highest BCUT2D eigenvalue weighted by molar-refractivity contribution is 4.91. The van der Waals surface area contributed by atoms with E-state index < -0.39 is 0 Å². The summed E-state index contributed by atoms with van der Waals surface area (Å²) in [6.07, 6.45) is 8.12. The minimum atomic E-state index is 0.659. The van der Waals surface area contributed by atoms with Crippen LogP contribution in [-0.2, 0) is 13.6 Å². The van der Waals surface area contributed by atoms with Gasteiger partial charge in [0.2, 0.25) is 0 Å². The largest absolute Gasteiger partial charge is 0.259 e. The minimum Gasteiger partial charge on any atom is -0.237 e. The Bertz CT molecular complexity index is 276. The molecule has 0 fully saturated rings. The van der Waals surface area contributed by atoms with Crippen molar-refractivity contribution in [2.24, 2.45) is 7.05 Å². The maximum absolute atomic E-state index is 2.40. The molecule has 0 aromatic carbocycles. The topological polar surface area (TPSA) is 8.81 Å². The molecule has 2 nitrogen and oxygen atoms in total. The van der Waals surface area contributed by atoms with Crippen molar-refractivity contribution in [1.29, 1.82) is 0 Å². The molecule has 0 bridgehead atoms. The molecule has 0 aliphatic carbocycles. The molecule has 1 heterocycles. The summed E-state index contributed by atoms with van der Waals surface area (Å²) >= 11 is 0. The van der Waals surface area contributed by atoms with Crippen molar-refractivity contribution in [2.75, 3.05) is 0 Å². The van der Waals surface area contributed by atoms with Gasteiger partial charge < -0.3 is 0 Å². The molecule has 0 aliphatic rings. The zero-order valence-corrected chi connectivity index (χ0v) is 9.95. The zero-order valence-electron chi connectivity index (χ0n) is 9.95. The number of hydrogen-bond donors (Lipinski definition) is 0. The van der Waals surface area contributed by atoms with Crippen LogP contribution < -0.4 is 4.57 Å². The average molecular weight is 195 g/mol. The lowest BCUT2D eigenvalue weighted by Gasteiger charge is -2.07. The minimum absolute atomic E-state index is 0.659. The number of aryl methyl sites for hydroxylation is 2. The lowest BCUT2D eigenvalue weighted by molar-refractivity contribution is -0.680. The Morgan fingerprint density at radius 1 is 1.43 bits per heavy atom. The first kappa shape index (κ1) is 11.3. The molecule has 1 aromatic rings. The SMILES string of the molecule is CCCCn1cc[n+](C)c1C(C)CC. The Morgan fingerprint density at radius 2 is 2.14 bits per heavy atom. The second-order valence-electron chi connectivity index (χ2n) is 4.12. The molecule has 1 atom stereocenters. The van der Waals surface area contributed by atoms with Crippen molar-refractivity contribution in [3.63, 3.8) is 0 Å². The summed E-state index contributed by atoms with van der Waals surface area (Å²) in [7, 11) is 2.14. The highest BCUT2D eigenvalue weighted by Crippen LogP contribution is 2.15. The van der Waals surface area contributed by atoms with E-state index in [-0.39, 0.29) is 0 Å². The molecule has 1 aromatic heterocycles. The fraction of sp³-hybridized carbons (Fsp3) is 0.750. The summed E-state index contributed by atoms with van der Waals surface area (Å²) in [4.78, 5) is 0. The molecule has 0 saturated carbocycles. The summed E-state index contributed by atoms with van der Waals surface area (Å²) in [5, 5.41) is 0. The third kappa shape index (κ3) is 2.37. The van der Waals surface area contributed by atoms with Crippen LogP contribution in [0, 0.1) is 0 Å². The molecule has 0 amide bonds. The summed E-state index contributed by atoms with van der Waals surface area (Å²) in [6, 6.07) is 0. The number of hydrogen-bond acceptors (Lipinski definition) is 0. The standard InChI is InChI=1S/C12H23N2/c1-5-7-8-14-10-9-13(4)12(14)11(3)6-2/h9-11H,5-8H2,1-4H3/q+1. The van der Waals surface area contributed by atoms with Gasteiger partial charge in [0.05, 0.1) is 19.5 Å². The Morgan fingerprint density at radius 3 is 2.71 bits per heavy atom. The average Bonchev–Trinajstić information content (AvgIpc) is 2.55. The predicted octanol–water partition coefficient (Wildman–Crippen LogP) is 2.63. The van der Waals surface area contributed by atoms with E-state index in [9.17, 15) is 0 Å². The fourth-order valence-corrected chi connectivity index (χ4v) is 1.87. The molecule has 0 N–H and O–H groups in total. The van der Waals surface area contributed by atoms with Gasteiger partial charge in [0, 0.05) is 0 Å². The van der Waals surface area contributed by atoms with E-state index in [1.54, 1.807) is 0 Å². The normalized spacial score (nSPS) is 13.1. The van der Waals surface area contributed by atoms with Crippen LogP contribution in [0.4, 0.5) is 0 Å². The lowest BCUT2D eigenvalue weighted by atomic mass is 10.1. The number of rotatable bonds is 5. The van der Waals surface area contributed by atoms with Crippen molar-refractivity contribution in [3.8, 4) is 0 Å². The fourth-order valence-electron chi connectivity index (χ4n) is 1.87. The van der Waals surface area contributed by atoms with Gasteiger partial charge in [0.1, 0.15) is 12.4 Å². The molecule has 0 saturated heterocycles. The monoisotopic (exact) mass is 195 g/mol. The number of nitrogens with zero attached hydrogens (tertiary/aromatic N) is 2. The second kappa shape index (κ2) is 5.18. The summed E-state index contributed by atoms with van der Waals surface area (Å²) in [5.74, 6) is 2.12. The Kier molecular flexibility index (Phi) is 4.18. The Hall–Kier alpha value is -0.790. The van der Waals surface area contributed by atoms with Crippen LogP contribution in [0.2, 0.25) is 0 Å². The second-order valence-corrected chi connectivity index (χ2v) is 4.12. The maximum Gasteiger partial charge on any atom is 0.259 e. The van der Waals surface area contributed by atoms with Crippen LogP contribution in [0.1, 0.15) is 51.8 Å². The third-order valence-corrected chi connectivity index (χ3v) is 2.93. The first-order valence-electron chi connectivity index (χ1n) is 5.75. The van der Waals surface area contributed by atoms with E-state index in [1.807, 2.05) is 0 Å². The number of imidazole rings is 1. The quantitative estimate of drug-likeness (QED) is 0.639. The van der Waals surface area contributed by atoms with Gasteiger partial charge in [-0.2, -0.15) is 0 Å². The van der Waals surface area contributed by atoms with E-state index in [4.69, 9.17) is 0 Å². The highest BCUT2D eigenvalue weighted by atomic mass is 15.1. The van der Waals surface area contributed by atoms with Crippen LogP contribution in [0.25, 0.3) is 0 Å². The smallest absolute Gasteiger partial charge is 0.237 e. The van der Waals surface area contributed by atoms with Crippen molar-refractivity contribution >= 4 is 0 Å². The summed E-state index contributed by atoms with van der Waals surface area (Å²) in [6.45, 7) is 7.96. The first-order chi connectivity index (χ1) is 6.70. The number of unbranched alkanes of at least 4 members (excludes halogenated alkanes) is 1. The van der Waals surface area contributed by atoms with Gasteiger partial charge in [0.15, 0.2) is 0 Å². The van der Waals surface area contributed by atoms with Gasteiger partial charge in [-0.25, -0.2) is 9.13 Å². The summed E-state index contributed by atoms with van der Waals surface area (Å²) < 4.78 is 4.65.